The van der Waals surface area contributed by atoms with Gasteiger partial charge in [-0.05, 0) is 31.0 Å². The second kappa shape index (κ2) is 7.40. The van der Waals surface area contributed by atoms with Crippen LogP contribution in [0.3, 0.4) is 0 Å². The predicted molar refractivity (Wildman–Crippen MR) is 79.1 cm³/mol. The second-order valence-corrected chi connectivity index (χ2v) is 4.48. The van der Waals surface area contributed by atoms with E-state index in [1.54, 1.807) is 19.2 Å². The zero-order chi connectivity index (χ0) is 15.1. The highest BCUT2D eigenvalue weighted by Crippen LogP contribution is 2.18. The van der Waals surface area contributed by atoms with Gasteiger partial charge in [0.05, 0.1) is 6.61 Å². The van der Waals surface area contributed by atoms with Gasteiger partial charge in [-0.1, -0.05) is 24.3 Å². The molecule has 1 aromatic heterocycles. The smallest absolute Gasteiger partial charge is 0.323 e. The Hall–Kier alpha value is -2.40. The molecule has 2 N–H and O–H groups in total. The van der Waals surface area contributed by atoms with Gasteiger partial charge in [-0.3, -0.25) is 4.79 Å². The highest BCUT2D eigenvalue weighted by Gasteiger charge is 2.15. The predicted octanol–water partition coefficient (Wildman–Crippen LogP) is 2.31. The van der Waals surface area contributed by atoms with Crippen molar-refractivity contribution < 1.29 is 14.3 Å². The molecule has 0 spiro atoms. The van der Waals surface area contributed by atoms with Gasteiger partial charge in [0, 0.05) is 12.3 Å². The fourth-order valence-corrected chi connectivity index (χ4v) is 1.79. The molecule has 0 bridgehead atoms. The van der Waals surface area contributed by atoms with Crippen LogP contribution in [0.4, 0.5) is 0 Å². The number of ether oxygens (including phenoxy) is 2. The minimum absolute atomic E-state index is 0.328. The Bertz CT molecular complexity index is 570. The summed E-state index contributed by atoms with van der Waals surface area (Å²) in [5.74, 6) is 0.817. The highest BCUT2D eigenvalue weighted by molar-refractivity contribution is 5.75. The number of carbonyl (C=O) groups excluding carboxylic acids is 1. The summed E-state index contributed by atoms with van der Waals surface area (Å²) in [6, 6.07) is 12.3. The standard InChI is InChI=1S/C16H18N2O3/c1-2-20-16(19)14(17)10-12-8-9-15(18-11-12)21-13-6-4-3-5-7-13/h3-9,11,14H,2,10,17H2,1H3. The van der Waals surface area contributed by atoms with E-state index in [1.807, 2.05) is 36.4 Å². The zero-order valence-corrected chi connectivity index (χ0v) is 11.9. The van der Waals surface area contributed by atoms with E-state index >= 15 is 0 Å². The first-order valence-corrected chi connectivity index (χ1v) is 6.79. The number of nitrogens with two attached hydrogens (primary N) is 1. The summed E-state index contributed by atoms with van der Waals surface area (Å²) in [6.45, 7) is 2.08. The molecule has 0 aliphatic rings. The molecule has 2 rings (SSSR count). The molecule has 1 heterocycles. The van der Waals surface area contributed by atoms with Crippen LogP contribution in [0.15, 0.2) is 48.7 Å². The minimum Gasteiger partial charge on any atom is -0.465 e. The Balaban J connectivity index is 1.94. The minimum atomic E-state index is -0.673. The Morgan fingerprint density at radius 1 is 1.24 bits per heavy atom. The third-order valence-electron chi connectivity index (χ3n) is 2.81. The summed E-state index contributed by atoms with van der Waals surface area (Å²) in [5.41, 5.74) is 6.62. The summed E-state index contributed by atoms with van der Waals surface area (Å²) < 4.78 is 10.5. The molecule has 0 radical (unpaired) electrons. The first-order valence-electron chi connectivity index (χ1n) is 6.79. The number of esters is 1. The maximum absolute atomic E-state index is 11.5. The Morgan fingerprint density at radius 3 is 2.62 bits per heavy atom. The van der Waals surface area contributed by atoms with E-state index in [0.29, 0.717) is 18.9 Å². The second-order valence-electron chi connectivity index (χ2n) is 4.48. The van der Waals surface area contributed by atoms with Crippen LogP contribution in [-0.2, 0) is 16.0 Å². The molecule has 0 aliphatic heterocycles. The molecule has 1 aromatic carbocycles. The molecule has 5 nitrogen and oxygen atoms in total. The average molecular weight is 286 g/mol. The fraction of sp³-hybridized carbons (Fsp3) is 0.250. The summed E-state index contributed by atoms with van der Waals surface area (Å²) >= 11 is 0. The van der Waals surface area contributed by atoms with Gasteiger partial charge >= 0.3 is 5.97 Å². The number of hydrogen-bond acceptors (Lipinski definition) is 5. The molecule has 1 unspecified atom stereocenters. The average Bonchev–Trinajstić information content (AvgIpc) is 2.50. The van der Waals surface area contributed by atoms with Gasteiger partial charge < -0.3 is 15.2 Å². The largest absolute Gasteiger partial charge is 0.465 e. The van der Waals surface area contributed by atoms with Gasteiger partial charge in [0.25, 0.3) is 0 Å². The summed E-state index contributed by atoms with van der Waals surface area (Å²) in [6.07, 6.45) is 2.04. The van der Waals surface area contributed by atoms with E-state index < -0.39 is 12.0 Å². The SMILES string of the molecule is CCOC(=O)C(N)Cc1ccc(Oc2ccccc2)nc1. The van der Waals surface area contributed by atoms with Crippen LogP contribution < -0.4 is 10.5 Å². The first-order chi connectivity index (χ1) is 10.2. The number of nitrogens with zero attached hydrogens (tertiary/aromatic N) is 1. The lowest BCUT2D eigenvalue weighted by molar-refractivity contribution is -0.144. The molecular weight excluding hydrogens is 268 g/mol. The van der Waals surface area contributed by atoms with Gasteiger partial charge in [0.15, 0.2) is 0 Å². The number of pyridine rings is 1. The van der Waals surface area contributed by atoms with Crippen LogP contribution in [0.5, 0.6) is 11.6 Å². The van der Waals surface area contributed by atoms with Crippen LogP contribution in [0.25, 0.3) is 0 Å². The van der Waals surface area contributed by atoms with E-state index in [-0.39, 0.29) is 0 Å². The van der Waals surface area contributed by atoms with Crippen LogP contribution in [0, 0.1) is 0 Å². The Labute approximate surface area is 123 Å². The quantitative estimate of drug-likeness (QED) is 0.825. The number of hydrogen-bond donors (Lipinski definition) is 1. The summed E-state index contributed by atoms with van der Waals surface area (Å²) in [5, 5.41) is 0. The molecule has 2 aromatic rings. The molecule has 0 aliphatic carbocycles. The number of carbonyl (C=O) groups is 1. The molecule has 5 heteroatoms. The van der Waals surface area contributed by atoms with Crippen LogP contribution in [0.1, 0.15) is 12.5 Å². The van der Waals surface area contributed by atoms with Crippen molar-refractivity contribution in [1.29, 1.82) is 0 Å². The van der Waals surface area contributed by atoms with E-state index in [0.717, 1.165) is 11.3 Å². The van der Waals surface area contributed by atoms with Crippen molar-refractivity contribution >= 4 is 5.97 Å². The van der Waals surface area contributed by atoms with Gasteiger partial charge in [-0.25, -0.2) is 4.98 Å². The lowest BCUT2D eigenvalue weighted by Crippen LogP contribution is -2.34. The molecule has 0 saturated heterocycles. The molecular formula is C16H18N2O3. The third kappa shape index (κ3) is 4.57. The highest BCUT2D eigenvalue weighted by atomic mass is 16.5. The number of para-hydroxylation sites is 1. The topological polar surface area (TPSA) is 74.4 Å². The summed E-state index contributed by atoms with van der Waals surface area (Å²) in [7, 11) is 0. The van der Waals surface area contributed by atoms with Crippen molar-refractivity contribution in [2.24, 2.45) is 5.73 Å². The molecule has 1 atom stereocenters. The Morgan fingerprint density at radius 2 is 2.00 bits per heavy atom. The summed E-state index contributed by atoms with van der Waals surface area (Å²) in [4.78, 5) is 15.7. The number of benzene rings is 1. The molecule has 21 heavy (non-hydrogen) atoms. The van der Waals surface area contributed by atoms with Crippen molar-refractivity contribution in [2.45, 2.75) is 19.4 Å². The van der Waals surface area contributed by atoms with E-state index in [4.69, 9.17) is 15.2 Å². The van der Waals surface area contributed by atoms with Gasteiger partial charge in [-0.15, -0.1) is 0 Å². The molecule has 0 saturated carbocycles. The van der Waals surface area contributed by atoms with Crippen molar-refractivity contribution in [1.82, 2.24) is 4.98 Å². The maximum Gasteiger partial charge on any atom is 0.323 e. The van der Waals surface area contributed by atoms with Crippen LogP contribution in [0.2, 0.25) is 0 Å². The lowest BCUT2D eigenvalue weighted by Gasteiger charge is -2.10. The van der Waals surface area contributed by atoms with E-state index in [2.05, 4.69) is 4.98 Å². The lowest BCUT2D eigenvalue weighted by atomic mass is 10.1. The molecule has 110 valence electrons. The Kier molecular flexibility index (Phi) is 5.29. The molecule has 0 amide bonds. The fourth-order valence-electron chi connectivity index (χ4n) is 1.79. The van der Waals surface area contributed by atoms with Crippen LogP contribution in [-0.4, -0.2) is 23.6 Å². The van der Waals surface area contributed by atoms with Gasteiger partial charge in [0.1, 0.15) is 11.8 Å². The third-order valence-corrected chi connectivity index (χ3v) is 2.81. The zero-order valence-electron chi connectivity index (χ0n) is 11.9. The van der Waals surface area contributed by atoms with E-state index in [9.17, 15) is 4.79 Å². The number of aromatic nitrogens is 1. The number of rotatable bonds is 6. The van der Waals surface area contributed by atoms with E-state index in [1.165, 1.54) is 0 Å². The van der Waals surface area contributed by atoms with Crippen molar-refractivity contribution in [3.05, 3.63) is 54.2 Å². The normalized spacial score (nSPS) is 11.7. The first kappa shape index (κ1) is 15.0. The van der Waals surface area contributed by atoms with Crippen molar-refractivity contribution in [3.63, 3.8) is 0 Å². The monoisotopic (exact) mass is 286 g/mol. The van der Waals surface area contributed by atoms with Crippen LogP contribution >= 0.6 is 0 Å². The molecule has 0 fully saturated rings. The van der Waals surface area contributed by atoms with Gasteiger partial charge in [-0.2, -0.15) is 0 Å². The van der Waals surface area contributed by atoms with Crippen molar-refractivity contribution in [2.75, 3.05) is 6.61 Å². The van der Waals surface area contributed by atoms with Crippen molar-refractivity contribution in [3.8, 4) is 11.6 Å². The maximum atomic E-state index is 11.5. The van der Waals surface area contributed by atoms with Gasteiger partial charge in [0.2, 0.25) is 5.88 Å².